The number of aromatic nitrogens is 1. The van der Waals surface area contributed by atoms with Gasteiger partial charge in [-0.25, -0.2) is 4.98 Å². The van der Waals surface area contributed by atoms with Crippen LogP contribution in [0.3, 0.4) is 0 Å². The van der Waals surface area contributed by atoms with Crippen molar-refractivity contribution in [1.29, 1.82) is 0 Å². The van der Waals surface area contributed by atoms with Gasteiger partial charge in [-0.15, -0.1) is 0 Å². The lowest BCUT2D eigenvalue weighted by Crippen LogP contribution is -2.35. The molecule has 94 valence electrons. The average Bonchev–Trinajstić information content (AvgIpc) is 2.41. The highest BCUT2D eigenvalue weighted by atomic mass is 79.9. The molecule has 0 radical (unpaired) electrons. The largest absolute Gasteiger partial charge is 0.367 e. The number of piperidine rings is 1. The van der Waals surface area contributed by atoms with E-state index in [-0.39, 0.29) is 0 Å². The number of hydrogen-bond acceptors (Lipinski definition) is 3. The summed E-state index contributed by atoms with van der Waals surface area (Å²) >= 11 is 3.53. The van der Waals surface area contributed by atoms with Crippen LogP contribution in [-0.4, -0.2) is 24.1 Å². The molecule has 0 atom stereocenters. The minimum Gasteiger partial charge on any atom is -0.367 e. The van der Waals surface area contributed by atoms with Crippen molar-refractivity contribution >= 4 is 32.5 Å². The van der Waals surface area contributed by atoms with E-state index >= 15 is 0 Å². The summed E-state index contributed by atoms with van der Waals surface area (Å²) in [5.74, 6) is 1.00. The van der Waals surface area contributed by atoms with Gasteiger partial charge in [-0.05, 0) is 49.5 Å². The predicted molar refractivity (Wildman–Crippen MR) is 79.0 cm³/mol. The molecule has 1 aliphatic rings. The van der Waals surface area contributed by atoms with Gasteiger partial charge in [-0.2, -0.15) is 0 Å². The number of fused-ring (bicyclic) bond motifs is 1. The molecular formula is C14H16BrN3. The summed E-state index contributed by atoms with van der Waals surface area (Å²) in [5.41, 5.74) is 0. The topological polar surface area (TPSA) is 37.0 Å². The Kier molecular flexibility index (Phi) is 3.48. The second-order valence-electron chi connectivity index (χ2n) is 4.69. The fraction of sp³-hybridized carbons (Fsp3) is 0.357. The molecule has 3 nitrogen and oxygen atoms in total. The molecule has 1 aromatic carbocycles. The third-order valence-electron chi connectivity index (χ3n) is 3.41. The van der Waals surface area contributed by atoms with Crippen LogP contribution in [0.2, 0.25) is 0 Å². The van der Waals surface area contributed by atoms with Gasteiger partial charge < -0.3 is 10.6 Å². The van der Waals surface area contributed by atoms with E-state index in [1.165, 1.54) is 10.8 Å². The fourth-order valence-electron chi connectivity index (χ4n) is 2.42. The Balaban J connectivity index is 1.92. The second-order valence-corrected chi connectivity index (χ2v) is 5.61. The van der Waals surface area contributed by atoms with Gasteiger partial charge in [0.2, 0.25) is 0 Å². The van der Waals surface area contributed by atoms with E-state index in [2.05, 4.69) is 55.8 Å². The Labute approximate surface area is 115 Å². The van der Waals surface area contributed by atoms with Crippen molar-refractivity contribution in [3.63, 3.8) is 0 Å². The molecule has 0 saturated carbocycles. The highest BCUT2D eigenvalue weighted by molar-refractivity contribution is 9.10. The zero-order chi connectivity index (χ0) is 12.4. The first kappa shape index (κ1) is 11.9. The van der Waals surface area contributed by atoms with Crippen molar-refractivity contribution < 1.29 is 0 Å². The number of pyridine rings is 1. The van der Waals surface area contributed by atoms with Crippen molar-refractivity contribution in [1.82, 2.24) is 10.3 Å². The van der Waals surface area contributed by atoms with Gasteiger partial charge >= 0.3 is 0 Å². The minimum atomic E-state index is 0.531. The van der Waals surface area contributed by atoms with E-state index in [0.717, 1.165) is 36.2 Å². The molecule has 1 aliphatic heterocycles. The molecule has 0 aliphatic carbocycles. The molecule has 1 saturated heterocycles. The third-order valence-corrected chi connectivity index (χ3v) is 3.90. The Morgan fingerprint density at radius 2 is 2.06 bits per heavy atom. The van der Waals surface area contributed by atoms with Gasteiger partial charge in [0, 0.05) is 22.1 Å². The molecular weight excluding hydrogens is 290 g/mol. The van der Waals surface area contributed by atoms with Crippen molar-refractivity contribution in [3.05, 3.63) is 34.9 Å². The van der Waals surface area contributed by atoms with E-state index in [4.69, 9.17) is 0 Å². The van der Waals surface area contributed by atoms with E-state index in [1.54, 1.807) is 0 Å². The molecule has 1 fully saturated rings. The summed E-state index contributed by atoms with van der Waals surface area (Å²) in [6, 6.07) is 8.90. The highest BCUT2D eigenvalue weighted by Gasteiger charge is 2.14. The van der Waals surface area contributed by atoms with Crippen molar-refractivity contribution in [2.75, 3.05) is 18.4 Å². The number of nitrogens with one attached hydrogen (secondary N) is 2. The quantitative estimate of drug-likeness (QED) is 0.895. The fourth-order valence-corrected chi connectivity index (χ4v) is 2.78. The van der Waals surface area contributed by atoms with Crippen molar-refractivity contribution in [2.45, 2.75) is 18.9 Å². The molecule has 2 aromatic rings. The Morgan fingerprint density at radius 3 is 2.89 bits per heavy atom. The number of halogens is 1. The van der Waals surface area contributed by atoms with E-state index in [1.807, 2.05) is 6.20 Å². The van der Waals surface area contributed by atoms with Gasteiger partial charge in [0.1, 0.15) is 5.82 Å². The predicted octanol–water partition coefficient (Wildman–Crippen LogP) is 3.16. The summed E-state index contributed by atoms with van der Waals surface area (Å²) in [5, 5.41) is 9.37. The van der Waals surface area contributed by atoms with Gasteiger partial charge in [-0.3, -0.25) is 0 Å². The van der Waals surface area contributed by atoms with Gasteiger partial charge in [0.25, 0.3) is 0 Å². The molecule has 3 rings (SSSR count). The lowest BCUT2D eigenvalue weighted by molar-refractivity contribution is 0.478. The summed E-state index contributed by atoms with van der Waals surface area (Å²) in [4.78, 5) is 4.49. The van der Waals surface area contributed by atoms with Crippen LogP contribution in [0.25, 0.3) is 10.8 Å². The number of benzene rings is 1. The zero-order valence-electron chi connectivity index (χ0n) is 10.1. The second kappa shape index (κ2) is 5.24. The standard InChI is InChI=1S/C14H16BrN3/c15-11-2-1-10-3-8-17-14(13(10)9-11)18-12-4-6-16-7-5-12/h1-3,8-9,12,16H,4-7H2,(H,17,18). The Morgan fingerprint density at radius 1 is 1.22 bits per heavy atom. The van der Waals surface area contributed by atoms with Crippen LogP contribution in [0.5, 0.6) is 0 Å². The van der Waals surface area contributed by atoms with Crippen LogP contribution in [0.15, 0.2) is 34.9 Å². The van der Waals surface area contributed by atoms with E-state index < -0.39 is 0 Å². The molecule has 0 spiro atoms. The maximum atomic E-state index is 4.49. The molecule has 2 heterocycles. The van der Waals surface area contributed by atoms with Crippen LogP contribution in [-0.2, 0) is 0 Å². The molecule has 0 bridgehead atoms. The summed E-state index contributed by atoms with van der Waals surface area (Å²) in [7, 11) is 0. The van der Waals surface area contributed by atoms with Gasteiger partial charge in [0.05, 0.1) is 0 Å². The Bertz CT molecular complexity index is 550. The molecule has 4 heteroatoms. The Hall–Kier alpha value is -1.13. The first-order valence-electron chi connectivity index (χ1n) is 6.34. The van der Waals surface area contributed by atoms with Gasteiger partial charge in [-0.1, -0.05) is 22.0 Å². The molecule has 0 unspecified atom stereocenters. The third kappa shape index (κ3) is 2.49. The van der Waals surface area contributed by atoms with Crippen molar-refractivity contribution in [2.24, 2.45) is 0 Å². The highest BCUT2D eigenvalue weighted by Crippen LogP contribution is 2.26. The van der Waals surface area contributed by atoms with Crippen LogP contribution < -0.4 is 10.6 Å². The smallest absolute Gasteiger partial charge is 0.134 e. The SMILES string of the molecule is Brc1ccc2ccnc(NC3CCNCC3)c2c1. The zero-order valence-corrected chi connectivity index (χ0v) is 11.7. The normalized spacial score (nSPS) is 16.9. The first-order valence-corrected chi connectivity index (χ1v) is 7.14. The monoisotopic (exact) mass is 305 g/mol. The van der Waals surface area contributed by atoms with Gasteiger partial charge in [0.15, 0.2) is 0 Å². The molecule has 1 aromatic heterocycles. The average molecular weight is 306 g/mol. The van der Waals surface area contributed by atoms with Crippen LogP contribution in [0, 0.1) is 0 Å². The lowest BCUT2D eigenvalue weighted by Gasteiger charge is -2.24. The first-order chi connectivity index (χ1) is 8.83. The molecule has 18 heavy (non-hydrogen) atoms. The van der Waals surface area contributed by atoms with E-state index in [9.17, 15) is 0 Å². The maximum absolute atomic E-state index is 4.49. The summed E-state index contributed by atoms with van der Waals surface area (Å²) < 4.78 is 1.09. The van der Waals surface area contributed by atoms with Crippen molar-refractivity contribution in [3.8, 4) is 0 Å². The van der Waals surface area contributed by atoms with Crippen LogP contribution in [0.4, 0.5) is 5.82 Å². The summed E-state index contributed by atoms with van der Waals surface area (Å²) in [6.07, 6.45) is 4.19. The van der Waals surface area contributed by atoms with Crippen LogP contribution >= 0.6 is 15.9 Å². The number of hydrogen-bond donors (Lipinski definition) is 2. The molecule has 0 amide bonds. The number of rotatable bonds is 2. The van der Waals surface area contributed by atoms with Crippen LogP contribution in [0.1, 0.15) is 12.8 Å². The molecule has 2 N–H and O–H groups in total. The minimum absolute atomic E-state index is 0.531. The number of anilines is 1. The number of nitrogens with zero attached hydrogens (tertiary/aromatic N) is 1. The van der Waals surface area contributed by atoms with E-state index in [0.29, 0.717) is 6.04 Å². The summed E-state index contributed by atoms with van der Waals surface area (Å²) in [6.45, 7) is 2.18. The maximum Gasteiger partial charge on any atom is 0.134 e. The lowest BCUT2D eigenvalue weighted by atomic mass is 10.1.